The van der Waals surface area contributed by atoms with Crippen LogP contribution in [-0.4, -0.2) is 95.1 Å². The molecule has 2 saturated heterocycles. The number of likely N-dealkylation sites (tertiary alicyclic amines) is 1. The molecular formula is C22H31N3O5. The summed E-state index contributed by atoms with van der Waals surface area (Å²) in [5.74, 6) is -2.03. The molecule has 1 unspecified atom stereocenters. The van der Waals surface area contributed by atoms with Gasteiger partial charge in [0.05, 0.1) is 24.5 Å². The lowest BCUT2D eigenvalue weighted by atomic mass is 9.77. The highest BCUT2D eigenvalue weighted by Crippen LogP contribution is 2.53. The normalized spacial score (nSPS) is 35.4. The Kier molecular flexibility index (Phi) is 5.72. The molecule has 2 fully saturated rings. The Morgan fingerprint density at radius 2 is 1.90 bits per heavy atom. The molecule has 0 aliphatic carbocycles. The molecule has 8 nitrogen and oxygen atoms in total. The zero-order valence-corrected chi connectivity index (χ0v) is 17.7. The maximum atomic E-state index is 13.6. The van der Waals surface area contributed by atoms with E-state index in [1.165, 1.54) is 4.90 Å². The molecule has 5 atom stereocenters. The van der Waals surface area contributed by atoms with Crippen LogP contribution in [0.4, 0.5) is 0 Å². The third-order valence-electron chi connectivity index (χ3n) is 6.82. The smallest absolute Gasteiger partial charge is 0.249 e. The van der Waals surface area contributed by atoms with E-state index in [1.807, 2.05) is 24.3 Å². The van der Waals surface area contributed by atoms with E-state index in [4.69, 9.17) is 4.74 Å². The van der Waals surface area contributed by atoms with Crippen molar-refractivity contribution in [1.29, 1.82) is 0 Å². The van der Waals surface area contributed by atoms with E-state index < -0.39 is 29.6 Å². The van der Waals surface area contributed by atoms with Crippen LogP contribution in [0, 0.1) is 11.8 Å². The Hall–Kier alpha value is -2.19. The van der Waals surface area contributed by atoms with Crippen LogP contribution in [-0.2, 0) is 19.1 Å². The molecule has 3 amide bonds. The quantitative estimate of drug-likeness (QED) is 0.492. The average Bonchev–Trinajstić information content (AvgIpc) is 3.04. The molecule has 0 aromatic rings. The van der Waals surface area contributed by atoms with Gasteiger partial charge in [-0.1, -0.05) is 44.1 Å². The number of rotatable bonds is 6. The van der Waals surface area contributed by atoms with E-state index in [9.17, 15) is 19.5 Å². The number of unbranched alkanes of at least 4 members (excludes halogenated alkanes) is 2. The molecule has 4 aliphatic heterocycles. The molecule has 0 saturated carbocycles. The Morgan fingerprint density at radius 3 is 2.63 bits per heavy atom. The van der Waals surface area contributed by atoms with Gasteiger partial charge in [0.2, 0.25) is 17.7 Å². The number of aliphatic hydroxyl groups is 1. The highest BCUT2D eigenvalue weighted by Gasteiger charge is 2.71. The van der Waals surface area contributed by atoms with Gasteiger partial charge in [-0.2, -0.15) is 0 Å². The average molecular weight is 418 g/mol. The summed E-state index contributed by atoms with van der Waals surface area (Å²) >= 11 is 0. The fourth-order valence-corrected chi connectivity index (χ4v) is 5.41. The van der Waals surface area contributed by atoms with Crippen LogP contribution >= 0.6 is 0 Å². The van der Waals surface area contributed by atoms with E-state index in [1.54, 1.807) is 16.8 Å². The Balaban J connectivity index is 1.75. The van der Waals surface area contributed by atoms with Gasteiger partial charge in [0, 0.05) is 33.2 Å². The molecule has 1 N–H and O–H groups in total. The molecule has 0 bridgehead atoms. The summed E-state index contributed by atoms with van der Waals surface area (Å²) in [5.41, 5.74) is -1.18. The minimum atomic E-state index is -1.18. The molecule has 4 aliphatic rings. The predicted octanol–water partition coefficient (Wildman–Crippen LogP) is 0.176. The highest BCUT2D eigenvalue weighted by molar-refractivity contribution is 5.99. The van der Waals surface area contributed by atoms with Crippen molar-refractivity contribution in [3.63, 3.8) is 0 Å². The van der Waals surface area contributed by atoms with Crippen molar-refractivity contribution in [3.05, 3.63) is 24.3 Å². The number of ether oxygens (including phenoxy) is 1. The Bertz CT molecular complexity index is 781. The first-order chi connectivity index (χ1) is 14.5. The van der Waals surface area contributed by atoms with Crippen molar-refractivity contribution >= 4 is 17.7 Å². The topological polar surface area (TPSA) is 90.4 Å². The first-order valence-corrected chi connectivity index (χ1v) is 10.9. The van der Waals surface area contributed by atoms with Crippen LogP contribution in [0.15, 0.2) is 24.3 Å². The third kappa shape index (κ3) is 3.08. The number of hydrogen-bond acceptors (Lipinski definition) is 5. The fourth-order valence-electron chi connectivity index (χ4n) is 5.41. The Morgan fingerprint density at radius 1 is 1.10 bits per heavy atom. The number of carbonyl (C=O) groups excluding carboxylic acids is 3. The molecule has 0 radical (unpaired) electrons. The van der Waals surface area contributed by atoms with Gasteiger partial charge < -0.3 is 24.5 Å². The van der Waals surface area contributed by atoms with Crippen LogP contribution in [0.25, 0.3) is 0 Å². The zero-order valence-electron chi connectivity index (χ0n) is 17.7. The monoisotopic (exact) mass is 417 g/mol. The summed E-state index contributed by atoms with van der Waals surface area (Å²) in [4.78, 5) is 45.1. The summed E-state index contributed by atoms with van der Waals surface area (Å²) in [7, 11) is 1.71. The van der Waals surface area contributed by atoms with Gasteiger partial charge in [-0.25, -0.2) is 0 Å². The number of carbonyl (C=O) groups is 3. The second kappa shape index (κ2) is 8.15. The van der Waals surface area contributed by atoms with Gasteiger partial charge in [0.15, 0.2) is 0 Å². The van der Waals surface area contributed by atoms with Crippen LogP contribution in [0.1, 0.15) is 26.2 Å². The Labute approximate surface area is 177 Å². The molecule has 8 heteroatoms. The molecule has 0 aromatic heterocycles. The predicted molar refractivity (Wildman–Crippen MR) is 109 cm³/mol. The molecule has 30 heavy (non-hydrogen) atoms. The van der Waals surface area contributed by atoms with E-state index >= 15 is 0 Å². The highest BCUT2D eigenvalue weighted by atomic mass is 16.5. The summed E-state index contributed by atoms with van der Waals surface area (Å²) in [6.07, 6.45) is 9.90. The van der Waals surface area contributed by atoms with Crippen LogP contribution < -0.4 is 0 Å². The number of β-amino-alcohol motifs (C(OH)–C–C–N with tert-alkyl or cyclic N) is 1. The number of amides is 3. The fraction of sp³-hybridized carbons (Fsp3) is 0.682. The first-order valence-electron chi connectivity index (χ1n) is 10.9. The van der Waals surface area contributed by atoms with Crippen molar-refractivity contribution in [1.82, 2.24) is 14.7 Å². The van der Waals surface area contributed by atoms with Crippen LogP contribution in [0.2, 0.25) is 0 Å². The van der Waals surface area contributed by atoms with Gasteiger partial charge in [-0.05, 0) is 6.42 Å². The van der Waals surface area contributed by atoms with Crippen LogP contribution in [0.3, 0.4) is 0 Å². The van der Waals surface area contributed by atoms with Gasteiger partial charge in [-0.15, -0.1) is 0 Å². The second-order valence-corrected chi connectivity index (χ2v) is 8.64. The van der Waals surface area contributed by atoms with Gasteiger partial charge in [-0.3, -0.25) is 14.4 Å². The van der Waals surface area contributed by atoms with Gasteiger partial charge in [0.1, 0.15) is 11.6 Å². The maximum Gasteiger partial charge on any atom is 0.249 e. The van der Waals surface area contributed by atoms with Crippen molar-refractivity contribution < 1.29 is 24.2 Å². The summed E-state index contributed by atoms with van der Waals surface area (Å²) in [5, 5.41) is 9.60. The standard InChI is InChI=1S/C22H31N3O5/c1-3-4-5-11-24-12-7-9-22-17(20(28)25(13-14-26)18(22)21(24)29)16-15(30-22)8-6-10-23(2)19(16)27/h6-9,15-18,26H,3-5,10-14H2,1-2H3/t15-,16+,17+,18?,22+/m1/s1. The number of hydrogen-bond donors (Lipinski definition) is 1. The molecule has 4 heterocycles. The van der Waals surface area contributed by atoms with Crippen LogP contribution in [0.5, 0.6) is 0 Å². The van der Waals surface area contributed by atoms with E-state index in [2.05, 4.69) is 6.92 Å². The van der Waals surface area contributed by atoms with Gasteiger partial charge >= 0.3 is 0 Å². The number of nitrogens with zero attached hydrogens (tertiary/aromatic N) is 3. The third-order valence-corrected chi connectivity index (χ3v) is 6.82. The summed E-state index contributed by atoms with van der Waals surface area (Å²) < 4.78 is 6.44. The number of aliphatic hydroxyl groups excluding tert-OH is 1. The summed E-state index contributed by atoms with van der Waals surface area (Å²) in [6.45, 7) is 3.44. The van der Waals surface area contributed by atoms with Crippen molar-refractivity contribution in [2.24, 2.45) is 11.8 Å². The van der Waals surface area contributed by atoms with Crippen molar-refractivity contribution in [2.75, 3.05) is 39.8 Å². The molecule has 164 valence electrons. The van der Waals surface area contributed by atoms with Crippen molar-refractivity contribution in [2.45, 2.75) is 43.9 Å². The zero-order chi connectivity index (χ0) is 21.5. The minimum Gasteiger partial charge on any atom is -0.395 e. The lowest BCUT2D eigenvalue weighted by Gasteiger charge is -2.35. The summed E-state index contributed by atoms with van der Waals surface area (Å²) in [6, 6.07) is -0.860. The molecule has 0 aromatic carbocycles. The van der Waals surface area contributed by atoms with E-state index in [0.717, 1.165) is 19.3 Å². The maximum absolute atomic E-state index is 13.6. The van der Waals surface area contributed by atoms with E-state index in [0.29, 0.717) is 19.6 Å². The number of fused-ring (bicyclic) bond motifs is 2. The number of likely N-dealkylation sites (N-methyl/N-ethyl adjacent to an activating group) is 1. The molecular weight excluding hydrogens is 386 g/mol. The largest absolute Gasteiger partial charge is 0.395 e. The molecule has 1 spiro atoms. The second-order valence-electron chi connectivity index (χ2n) is 8.64. The SMILES string of the molecule is CCCCCN1CC=C[C@]23O[C@@H]4C=CCN(C)C(=O)[C@@H]4[C@H]2C(=O)N(CCO)C3C1=O. The van der Waals surface area contributed by atoms with Crippen molar-refractivity contribution in [3.8, 4) is 0 Å². The first kappa shape index (κ1) is 21.1. The molecule has 4 rings (SSSR count). The van der Waals surface area contributed by atoms with Gasteiger partial charge in [0.25, 0.3) is 0 Å². The minimum absolute atomic E-state index is 0.0464. The lowest BCUT2D eigenvalue weighted by molar-refractivity contribution is -0.148. The lowest BCUT2D eigenvalue weighted by Crippen LogP contribution is -2.55. The van der Waals surface area contributed by atoms with E-state index in [-0.39, 0.29) is 30.9 Å².